The van der Waals surface area contributed by atoms with Gasteiger partial charge in [0.15, 0.2) is 0 Å². The summed E-state index contributed by atoms with van der Waals surface area (Å²) in [7, 11) is 0. The maximum atomic E-state index is 12.7. The molecule has 2 aromatic rings. The minimum absolute atomic E-state index is 0.0604. The van der Waals surface area contributed by atoms with Crippen LogP contribution in [0.5, 0.6) is 0 Å². The molecule has 1 aliphatic rings. The average Bonchev–Trinajstić information content (AvgIpc) is 2.68. The molecule has 1 aromatic heterocycles. The number of hydrogen-bond donors (Lipinski definition) is 1. The summed E-state index contributed by atoms with van der Waals surface area (Å²) >= 11 is 0. The third kappa shape index (κ3) is 4.89. The number of benzene rings is 1. The summed E-state index contributed by atoms with van der Waals surface area (Å²) in [6.45, 7) is 6.07. The van der Waals surface area contributed by atoms with E-state index in [4.69, 9.17) is 0 Å². The van der Waals surface area contributed by atoms with Crippen LogP contribution in [0.2, 0.25) is 0 Å². The van der Waals surface area contributed by atoms with Crippen LogP contribution in [0, 0.1) is 0 Å². The highest BCUT2D eigenvalue weighted by atomic mass is 16.2. The van der Waals surface area contributed by atoms with Crippen molar-refractivity contribution in [3.05, 3.63) is 65.5 Å². The molecule has 0 bridgehead atoms. The fourth-order valence-electron chi connectivity index (χ4n) is 3.03. The summed E-state index contributed by atoms with van der Waals surface area (Å²) in [5.74, 6) is 0.00873. The molecule has 0 aliphatic carbocycles. The molecule has 1 aromatic carbocycles. The number of carbonyl (C=O) groups is 2. The Morgan fingerprint density at radius 3 is 2.23 bits per heavy atom. The molecule has 1 N–H and O–H groups in total. The fraction of sp³-hybridized carbons (Fsp3) is 0.350. The predicted octanol–water partition coefficient (Wildman–Crippen LogP) is 1.68. The van der Waals surface area contributed by atoms with Crippen LogP contribution in [0.4, 0.5) is 0 Å². The lowest BCUT2D eigenvalue weighted by Gasteiger charge is -2.34. The molecular formula is C20H24N4O2. The van der Waals surface area contributed by atoms with Gasteiger partial charge in [0.05, 0.1) is 0 Å². The number of piperazine rings is 1. The Morgan fingerprint density at radius 2 is 1.62 bits per heavy atom. The monoisotopic (exact) mass is 352 g/mol. The van der Waals surface area contributed by atoms with E-state index in [1.54, 1.807) is 0 Å². The van der Waals surface area contributed by atoms with Crippen molar-refractivity contribution < 1.29 is 9.59 Å². The van der Waals surface area contributed by atoms with E-state index in [2.05, 4.69) is 15.2 Å². The first kappa shape index (κ1) is 18.1. The van der Waals surface area contributed by atoms with Crippen LogP contribution in [0.15, 0.2) is 48.8 Å². The lowest BCUT2D eigenvalue weighted by molar-refractivity contribution is -0.119. The fourth-order valence-corrected chi connectivity index (χ4v) is 3.03. The van der Waals surface area contributed by atoms with E-state index in [0.717, 1.165) is 38.3 Å². The van der Waals surface area contributed by atoms with Crippen molar-refractivity contribution in [3.63, 3.8) is 0 Å². The van der Waals surface area contributed by atoms with Crippen molar-refractivity contribution in [2.24, 2.45) is 0 Å². The maximum Gasteiger partial charge on any atom is 0.253 e. The molecule has 1 fully saturated rings. The minimum Gasteiger partial charge on any atom is -0.352 e. The molecule has 3 rings (SSSR count). The van der Waals surface area contributed by atoms with Crippen LogP contribution in [0.1, 0.15) is 28.4 Å². The molecule has 2 heterocycles. The van der Waals surface area contributed by atoms with Crippen LogP contribution in [-0.2, 0) is 17.9 Å². The first-order valence-electron chi connectivity index (χ1n) is 8.86. The highest BCUT2D eigenvalue weighted by Crippen LogP contribution is 2.12. The molecule has 1 aliphatic heterocycles. The molecule has 0 spiro atoms. The van der Waals surface area contributed by atoms with Crippen molar-refractivity contribution in [2.75, 3.05) is 26.2 Å². The molecule has 0 radical (unpaired) electrons. The van der Waals surface area contributed by atoms with Crippen molar-refractivity contribution in [1.29, 1.82) is 0 Å². The molecule has 6 heteroatoms. The SMILES string of the molecule is CC(=O)NCc1ccc(C(=O)N2CCN(Cc3ccncc3)CC2)cc1. The summed E-state index contributed by atoms with van der Waals surface area (Å²) in [5.41, 5.74) is 2.92. The van der Waals surface area contributed by atoms with Crippen LogP contribution in [-0.4, -0.2) is 52.8 Å². The molecule has 1 saturated heterocycles. The largest absolute Gasteiger partial charge is 0.352 e. The molecule has 2 amide bonds. The Kier molecular flexibility index (Phi) is 5.96. The molecule has 0 atom stereocenters. The number of hydrogen-bond acceptors (Lipinski definition) is 4. The van der Waals surface area contributed by atoms with Crippen LogP contribution in [0.25, 0.3) is 0 Å². The molecular weight excluding hydrogens is 328 g/mol. The van der Waals surface area contributed by atoms with Gasteiger partial charge in [-0.15, -0.1) is 0 Å². The number of pyridine rings is 1. The third-order valence-corrected chi connectivity index (χ3v) is 4.56. The molecule has 26 heavy (non-hydrogen) atoms. The zero-order valence-corrected chi connectivity index (χ0v) is 15.0. The number of aromatic nitrogens is 1. The van der Waals surface area contributed by atoms with E-state index in [1.165, 1.54) is 12.5 Å². The van der Waals surface area contributed by atoms with Gasteiger partial charge in [0, 0.05) is 64.1 Å². The van der Waals surface area contributed by atoms with E-state index in [-0.39, 0.29) is 11.8 Å². The average molecular weight is 352 g/mol. The lowest BCUT2D eigenvalue weighted by Crippen LogP contribution is -2.48. The standard InChI is InChI=1S/C20H24N4O2/c1-16(25)22-14-17-2-4-19(5-3-17)20(26)24-12-10-23(11-13-24)15-18-6-8-21-9-7-18/h2-9H,10-15H2,1H3,(H,22,25). The topological polar surface area (TPSA) is 65.5 Å². The summed E-state index contributed by atoms with van der Waals surface area (Å²) in [4.78, 5) is 31.9. The predicted molar refractivity (Wildman–Crippen MR) is 99.4 cm³/mol. The van der Waals surface area contributed by atoms with Crippen LogP contribution >= 0.6 is 0 Å². The normalized spacial score (nSPS) is 14.9. The molecule has 6 nitrogen and oxygen atoms in total. The van der Waals surface area contributed by atoms with E-state index in [9.17, 15) is 9.59 Å². The highest BCUT2D eigenvalue weighted by Gasteiger charge is 2.22. The van der Waals surface area contributed by atoms with Crippen LogP contribution in [0.3, 0.4) is 0 Å². The van der Waals surface area contributed by atoms with Crippen LogP contribution < -0.4 is 5.32 Å². The van der Waals surface area contributed by atoms with E-state index in [1.807, 2.05) is 53.7 Å². The Morgan fingerprint density at radius 1 is 0.962 bits per heavy atom. The molecule has 136 valence electrons. The van der Waals surface area contributed by atoms with E-state index in [0.29, 0.717) is 12.1 Å². The van der Waals surface area contributed by atoms with Gasteiger partial charge in [-0.3, -0.25) is 19.5 Å². The number of nitrogens with zero attached hydrogens (tertiary/aromatic N) is 3. The summed E-state index contributed by atoms with van der Waals surface area (Å²) in [5, 5.41) is 2.75. The van der Waals surface area contributed by atoms with Gasteiger partial charge in [-0.25, -0.2) is 0 Å². The van der Waals surface area contributed by atoms with Gasteiger partial charge in [-0.2, -0.15) is 0 Å². The molecule has 0 unspecified atom stereocenters. The number of carbonyl (C=O) groups excluding carboxylic acids is 2. The van der Waals surface area contributed by atoms with E-state index < -0.39 is 0 Å². The van der Waals surface area contributed by atoms with Gasteiger partial charge in [0.25, 0.3) is 5.91 Å². The first-order valence-corrected chi connectivity index (χ1v) is 8.86. The lowest BCUT2D eigenvalue weighted by atomic mass is 10.1. The summed E-state index contributed by atoms with van der Waals surface area (Å²) < 4.78 is 0. The quantitative estimate of drug-likeness (QED) is 0.889. The maximum absolute atomic E-state index is 12.7. The first-order chi connectivity index (χ1) is 12.6. The zero-order chi connectivity index (χ0) is 18.4. The molecule has 0 saturated carbocycles. The number of nitrogens with one attached hydrogen (secondary N) is 1. The second-order valence-electron chi connectivity index (χ2n) is 6.53. The van der Waals surface area contributed by atoms with Gasteiger partial charge < -0.3 is 10.2 Å². The van der Waals surface area contributed by atoms with Crippen molar-refractivity contribution in [3.8, 4) is 0 Å². The van der Waals surface area contributed by atoms with Crippen molar-refractivity contribution in [1.82, 2.24) is 20.1 Å². The number of rotatable bonds is 5. The second kappa shape index (κ2) is 8.58. The number of amides is 2. The highest BCUT2D eigenvalue weighted by molar-refractivity contribution is 5.94. The van der Waals surface area contributed by atoms with Gasteiger partial charge >= 0.3 is 0 Å². The Hall–Kier alpha value is -2.73. The van der Waals surface area contributed by atoms with Crippen molar-refractivity contribution >= 4 is 11.8 Å². The van der Waals surface area contributed by atoms with Gasteiger partial charge in [0.2, 0.25) is 5.91 Å². The smallest absolute Gasteiger partial charge is 0.253 e. The second-order valence-corrected chi connectivity index (χ2v) is 6.53. The Labute approximate surface area is 153 Å². The third-order valence-electron chi connectivity index (χ3n) is 4.56. The Balaban J connectivity index is 1.51. The zero-order valence-electron chi connectivity index (χ0n) is 15.0. The van der Waals surface area contributed by atoms with Gasteiger partial charge in [-0.1, -0.05) is 12.1 Å². The summed E-state index contributed by atoms with van der Waals surface area (Å²) in [6.07, 6.45) is 3.62. The minimum atomic E-state index is -0.0604. The van der Waals surface area contributed by atoms with E-state index >= 15 is 0 Å². The van der Waals surface area contributed by atoms with Gasteiger partial charge in [0.1, 0.15) is 0 Å². The summed E-state index contributed by atoms with van der Waals surface area (Å²) in [6, 6.07) is 11.5. The Bertz CT molecular complexity index is 738. The van der Waals surface area contributed by atoms with Crippen molar-refractivity contribution in [2.45, 2.75) is 20.0 Å². The van der Waals surface area contributed by atoms with Gasteiger partial charge in [-0.05, 0) is 35.4 Å².